The second kappa shape index (κ2) is 41.2. The molecule has 15 heteroatoms. The molecule has 2 saturated heterocycles. The first-order valence-corrected chi connectivity index (χ1v) is 26.3. The number of esters is 2. The van der Waals surface area contributed by atoms with Crippen LogP contribution in [-0.2, 0) is 38.0 Å². The highest BCUT2D eigenvalue weighted by Gasteiger charge is 2.47. The lowest BCUT2D eigenvalue weighted by Gasteiger charge is -2.42. The summed E-state index contributed by atoms with van der Waals surface area (Å²) in [5.74, 6) is -1.05. The van der Waals surface area contributed by atoms with Gasteiger partial charge in [0.25, 0.3) is 0 Å². The number of carbonyl (C=O) groups is 2. The van der Waals surface area contributed by atoms with Crippen molar-refractivity contribution in [1.82, 2.24) is 0 Å². The maximum absolute atomic E-state index is 13.0. The summed E-state index contributed by atoms with van der Waals surface area (Å²) in [7, 11) is 0. The van der Waals surface area contributed by atoms with Crippen molar-refractivity contribution in [2.75, 3.05) is 26.4 Å². The first kappa shape index (κ1) is 62.8. The van der Waals surface area contributed by atoms with E-state index in [0.717, 1.165) is 70.6 Å². The maximum Gasteiger partial charge on any atom is 0.306 e. The molecule has 0 bridgehead atoms. The quantitative estimate of drug-likeness (QED) is 0.0136. The average Bonchev–Trinajstić information content (AvgIpc) is 3.35. The summed E-state index contributed by atoms with van der Waals surface area (Å²) in [5, 5.41) is 72.1. The molecular formula is C55H90O15. The summed E-state index contributed by atoms with van der Waals surface area (Å²) in [6.45, 7) is 2.43. The minimum absolute atomic E-state index is 0.0858. The fraction of sp³-hybridized carbons (Fsp3) is 0.727. The van der Waals surface area contributed by atoms with Crippen LogP contribution in [0.15, 0.2) is 78.6 Å². The first-order valence-electron chi connectivity index (χ1n) is 26.3. The molecular weight excluding hydrogens is 901 g/mol. The number of hydrogen-bond acceptors (Lipinski definition) is 15. The zero-order valence-corrected chi connectivity index (χ0v) is 42.3. The number of rotatable bonds is 39. The Hall–Kier alpha value is -3.28. The van der Waals surface area contributed by atoms with Gasteiger partial charge in [-0.25, -0.2) is 0 Å². The zero-order chi connectivity index (χ0) is 51.0. The predicted molar refractivity (Wildman–Crippen MR) is 269 cm³/mol. The summed E-state index contributed by atoms with van der Waals surface area (Å²) in [6.07, 6.45) is 30.0. The van der Waals surface area contributed by atoms with E-state index in [0.29, 0.717) is 12.8 Å². The van der Waals surface area contributed by atoms with Crippen LogP contribution in [0.3, 0.4) is 0 Å². The molecule has 4 unspecified atom stereocenters. The van der Waals surface area contributed by atoms with Crippen molar-refractivity contribution in [2.45, 2.75) is 229 Å². The van der Waals surface area contributed by atoms with E-state index in [9.17, 15) is 45.3 Å². The average molecular weight is 991 g/mol. The number of carbonyl (C=O) groups excluding carboxylic acids is 2. The molecule has 70 heavy (non-hydrogen) atoms. The standard InChI is InChI=1S/C55H90O15/c1-3-5-7-9-11-13-15-17-19-20-21-22-24-25-27-29-31-33-35-37-46(57)65-40-43(68-47(58)38-36-34-32-30-28-26-23-18-16-14-12-10-8-6-4-2)41-66-54-53(64)51(62)49(60)45(70-54)42-67-55-52(63)50(61)48(59)44(39-56)69-55/h11,13,16-17,19,21-23,25,27,31,33,43-45,48-56,59-64H,3-10,12,14-15,20,24,26,28-30,32,34-42H2,1-2H3/b13-11+,19-17+,22-21+,27-25+,33-31+/t18?,43-,44+,45+,48-,49-,50?,51?,52?,53?,54+,55+/m0/s1. The molecule has 0 aromatic rings. The first-order chi connectivity index (χ1) is 34.0. The molecule has 0 aromatic carbocycles. The van der Waals surface area contributed by atoms with Crippen LogP contribution in [0.2, 0.25) is 0 Å². The lowest BCUT2D eigenvalue weighted by atomic mass is 9.98. The van der Waals surface area contributed by atoms with Crippen LogP contribution in [0.25, 0.3) is 0 Å². The molecule has 2 heterocycles. The molecule has 0 aliphatic carbocycles. The van der Waals surface area contributed by atoms with Crippen molar-refractivity contribution in [2.24, 2.45) is 0 Å². The predicted octanol–water partition coefficient (Wildman–Crippen LogP) is 7.59. The lowest BCUT2D eigenvalue weighted by molar-refractivity contribution is -0.332. The minimum Gasteiger partial charge on any atom is -0.462 e. The Kier molecular flexibility index (Phi) is 37.0. The normalized spacial score (nSPS) is 25.6. The van der Waals surface area contributed by atoms with Gasteiger partial charge in [-0.15, -0.1) is 5.73 Å². The Morgan fingerprint density at radius 1 is 0.500 bits per heavy atom. The number of unbranched alkanes of at least 4 members (excludes halogenated alkanes) is 13. The third kappa shape index (κ3) is 28.7. The molecule has 0 amide bonds. The van der Waals surface area contributed by atoms with Gasteiger partial charge in [-0.05, 0) is 89.2 Å². The Balaban J connectivity index is 1.85. The Morgan fingerprint density at radius 2 is 0.971 bits per heavy atom. The summed E-state index contributed by atoms with van der Waals surface area (Å²) in [5.41, 5.74) is 3.28. The number of hydrogen-bond donors (Lipinski definition) is 7. The van der Waals surface area contributed by atoms with Crippen molar-refractivity contribution < 1.29 is 73.8 Å². The van der Waals surface area contributed by atoms with Crippen LogP contribution >= 0.6 is 0 Å². The van der Waals surface area contributed by atoms with Gasteiger partial charge in [-0.1, -0.05) is 132 Å². The molecule has 11 atom stereocenters. The van der Waals surface area contributed by atoms with Crippen molar-refractivity contribution in [3.63, 3.8) is 0 Å². The van der Waals surface area contributed by atoms with Gasteiger partial charge in [-0.3, -0.25) is 9.59 Å². The fourth-order valence-electron chi connectivity index (χ4n) is 7.59. The van der Waals surface area contributed by atoms with E-state index >= 15 is 0 Å². The molecule has 0 saturated carbocycles. The molecule has 0 spiro atoms. The number of allylic oxidation sites excluding steroid dienone is 11. The van der Waals surface area contributed by atoms with Crippen LogP contribution in [0.4, 0.5) is 0 Å². The molecule has 0 aromatic heterocycles. The van der Waals surface area contributed by atoms with Gasteiger partial charge in [0.05, 0.1) is 19.8 Å². The second-order valence-electron chi connectivity index (χ2n) is 18.1. The maximum atomic E-state index is 13.0. The smallest absolute Gasteiger partial charge is 0.306 e. The van der Waals surface area contributed by atoms with Gasteiger partial charge < -0.3 is 64.2 Å². The van der Waals surface area contributed by atoms with Crippen molar-refractivity contribution in [1.29, 1.82) is 0 Å². The molecule has 15 nitrogen and oxygen atoms in total. The van der Waals surface area contributed by atoms with E-state index in [1.165, 1.54) is 51.4 Å². The highest BCUT2D eigenvalue weighted by molar-refractivity contribution is 5.70. The summed E-state index contributed by atoms with van der Waals surface area (Å²) >= 11 is 0. The lowest BCUT2D eigenvalue weighted by Crippen LogP contribution is -2.61. The second-order valence-corrected chi connectivity index (χ2v) is 18.1. The van der Waals surface area contributed by atoms with Gasteiger partial charge in [0, 0.05) is 12.8 Å². The fourth-order valence-corrected chi connectivity index (χ4v) is 7.59. The largest absolute Gasteiger partial charge is 0.462 e. The SMILES string of the molecule is CCCCC/C=C/C/C=C/C/C=C/C/C=C/C/C=C/CCC(=O)OC[C@@H](CO[C@@H]1O[C@H](CO[C@@H]2O[C@H](CO)[C@H](O)C(O)C2O)[C@H](O)C(O)C1O)OC(=O)CCCCCCCC=C=CCCCCCCC. The third-order valence-electron chi connectivity index (χ3n) is 11.9. The third-order valence-corrected chi connectivity index (χ3v) is 11.9. The van der Waals surface area contributed by atoms with Gasteiger partial charge in [0.15, 0.2) is 18.7 Å². The molecule has 400 valence electrons. The van der Waals surface area contributed by atoms with E-state index in [1.807, 2.05) is 12.2 Å². The highest BCUT2D eigenvalue weighted by atomic mass is 16.7. The van der Waals surface area contributed by atoms with E-state index in [-0.39, 0.29) is 19.4 Å². The van der Waals surface area contributed by atoms with Gasteiger partial charge in [-0.2, -0.15) is 0 Å². The summed E-state index contributed by atoms with van der Waals surface area (Å²) in [6, 6.07) is 0. The molecule has 2 rings (SSSR count). The summed E-state index contributed by atoms with van der Waals surface area (Å²) in [4.78, 5) is 25.7. The monoisotopic (exact) mass is 991 g/mol. The topological polar surface area (TPSA) is 231 Å². The van der Waals surface area contributed by atoms with E-state index < -0.39 is 99.3 Å². The van der Waals surface area contributed by atoms with Crippen LogP contribution in [-0.4, -0.2) is 142 Å². The number of aliphatic hydroxyl groups is 7. The van der Waals surface area contributed by atoms with Crippen molar-refractivity contribution >= 4 is 11.9 Å². The van der Waals surface area contributed by atoms with Crippen molar-refractivity contribution in [3.8, 4) is 0 Å². The zero-order valence-electron chi connectivity index (χ0n) is 42.3. The molecule has 2 fully saturated rings. The van der Waals surface area contributed by atoms with Crippen LogP contribution in [0.1, 0.15) is 162 Å². The number of aliphatic hydroxyl groups excluding tert-OH is 7. The summed E-state index contributed by atoms with van der Waals surface area (Å²) < 4.78 is 33.5. The van der Waals surface area contributed by atoms with Gasteiger partial charge >= 0.3 is 11.9 Å². The van der Waals surface area contributed by atoms with Gasteiger partial charge in [0.1, 0.15) is 55.4 Å². The van der Waals surface area contributed by atoms with Crippen LogP contribution < -0.4 is 0 Å². The van der Waals surface area contributed by atoms with E-state index in [2.05, 4.69) is 80.3 Å². The molecule has 7 N–H and O–H groups in total. The Bertz CT molecular complexity index is 1550. The van der Waals surface area contributed by atoms with E-state index in [1.54, 1.807) is 0 Å². The van der Waals surface area contributed by atoms with Crippen LogP contribution in [0, 0.1) is 0 Å². The van der Waals surface area contributed by atoms with Crippen LogP contribution in [0.5, 0.6) is 0 Å². The molecule has 0 radical (unpaired) electrons. The minimum atomic E-state index is -1.78. The molecule has 2 aliphatic heterocycles. The van der Waals surface area contributed by atoms with Crippen molar-refractivity contribution in [3.05, 3.63) is 78.6 Å². The number of ether oxygens (including phenoxy) is 6. The highest BCUT2D eigenvalue weighted by Crippen LogP contribution is 2.26. The molecule has 2 aliphatic rings. The Morgan fingerprint density at radius 3 is 1.56 bits per heavy atom. The van der Waals surface area contributed by atoms with Gasteiger partial charge in [0.2, 0.25) is 0 Å². The Labute approximate surface area is 418 Å². The van der Waals surface area contributed by atoms with E-state index in [4.69, 9.17) is 28.4 Å².